The van der Waals surface area contributed by atoms with Crippen molar-refractivity contribution in [3.05, 3.63) is 29.8 Å². The molecule has 0 bridgehead atoms. The van der Waals surface area contributed by atoms with Crippen molar-refractivity contribution in [2.24, 2.45) is 0 Å². The lowest BCUT2D eigenvalue weighted by Gasteiger charge is -2.14. The third-order valence-corrected chi connectivity index (χ3v) is 2.40. The van der Waals surface area contributed by atoms with Crippen LogP contribution in [0.1, 0.15) is 33.3 Å². The molecule has 0 saturated heterocycles. The maximum Gasteiger partial charge on any atom is 0.309 e. The summed E-state index contributed by atoms with van der Waals surface area (Å²) in [4.78, 5) is 23.1. The molecule has 2 N–H and O–H groups in total. The topological polar surface area (TPSA) is 67.4 Å². The first-order valence-corrected chi connectivity index (χ1v) is 6.73. The molecule has 0 unspecified atom stereocenters. The van der Waals surface area contributed by atoms with Crippen molar-refractivity contribution in [3.8, 4) is 5.75 Å². The van der Waals surface area contributed by atoms with Crippen molar-refractivity contribution in [3.63, 3.8) is 0 Å². The minimum atomic E-state index is -0.641. The summed E-state index contributed by atoms with van der Waals surface area (Å²) >= 11 is 0. The summed E-state index contributed by atoms with van der Waals surface area (Å²) in [7, 11) is 0. The predicted octanol–water partition coefficient (Wildman–Crippen LogP) is 1.61. The van der Waals surface area contributed by atoms with Crippen LogP contribution in [0.5, 0.6) is 5.75 Å². The normalized spacial score (nSPS) is 10.5. The van der Waals surface area contributed by atoms with Crippen LogP contribution in [0.15, 0.2) is 24.3 Å². The Balaban J connectivity index is 2.61. The standard InChI is InChI=1S/C15H22N2O3/c1-10(2)17-15(19)14(18)16-9-12-7-5-6-8-13(12)20-11(3)4/h5-8,10-11H,9H2,1-4H3,(H,16,18)(H,17,19). The molecule has 1 aromatic carbocycles. The summed E-state index contributed by atoms with van der Waals surface area (Å²) in [5.74, 6) is -0.549. The van der Waals surface area contributed by atoms with Gasteiger partial charge in [-0.3, -0.25) is 9.59 Å². The van der Waals surface area contributed by atoms with Gasteiger partial charge in [-0.15, -0.1) is 0 Å². The summed E-state index contributed by atoms with van der Waals surface area (Å²) in [6.45, 7) is 7.73. The van der Waals surface area contributed by atoms with Gasteiger partial charge in [0.2, 0.25) is 0 Å². The molecule has 0 aromatic heterocycles. The van der Waals surface area contributed by atoms with Crippen molar-refractivity contribution >= 4 is 11.8 Å². The van der Waals surface area contributed by atoms with Crippen LogP contribution in [0.4, 0.5) is 0 Å². The monoisotopic (exact) mass is 278 g/mol. The van der Waals surface area contributed by atoms with Gasteiger partial charge in [0.05, 0.1) is 6.10 Å². The lowest BCUT2D eigenvalue weighted by molar-refractivity contribution is -0.139. The zero-order chi connectivity index (χ0) is 15.1. The fraction of sp³-hybridized carbons (Fsp3) is 0.467. The molecule has 0 aliphatic heterocycles. The van der Waals surface area contributed by atoms with E-state index in [0.717, 1.165) is 5.56 Å². The molecule has 20 heavy (non-hydrogen) atoms. The van der Waals surface area contributed by atoms with E-state index in [1.807, 2.05) is 38.1 Å². The molecule has 0 saturated carbocycles. The highest BCUT2D eigenvalue weighted by atomic mass is 16.5. The minimum absolute atomic E-state index is 0.0519. The fourth-order valence-corrected chi connectivity index (χ4v) is 1.60. The highest BCUT2D eigenvalue weighted by molar-refractivity contribution is 6.35. The molecule has 5 nitrogen and oxygen atoms in total. The Kier molecular flexibility index (Phi) is 6.03. The summed E-state index contributed by atoms with van der Waals surface area (Å²) in [6, 6.07) is 7.37. The first-order valence-electron chi connectivity index (χ1n) is 6.73. The fourth-order valence-electron chi connectivity index (χ4n) is 1.60. The number of carbonyl (C=O) groups is 2. The van der Waals surface area contributed by atoms with Gasteiger partial charge in [0.1, 0.15) is 5.75 Å². The van der Waals surface area contributed by atoms with Crippen LogP contribution in [-0.4, -0.2) is 24.0 Å². The van der Waals surface area contributed by atoms with Gasteiger partial charge >= 0.3 is 11.8 Å². The van der Waals surface area contributed by atoms with Crippen LogP contribution in [-0.2, 0) is 16.1 Å². The first kappa shape index (κ1) is 16.0. The second kappa shape index (κ2) is 7.53. The number of benzene rings is 1. The lowest BCUT2D eigenvalue weighted by atomic mass is 10.2. The quantitative estimate of drug-likeness (QED) is 0.804. The highest BCUT2D eigenvalue weighted by Crippen LogP contribution is 2.18. The van der Waals surface area contributed by atoms with Gasteiger partial charge in [-0.25, -0.2) is 0 Å². The predicted molar refractivity (Wildman–Crippen MR) is 77.3 cm³/mol. The van der Waals surface area contributed by atoms with E-state index in [1.54, 1.807) is 13.8 Å². The molecular weight excluding hydrogens is 256 g/mol. The third-order valence-electron chi connectivity index (χ3n) is 2.40. The molecule has 0 atom stereocenters. The van der Waals surface area contributed by atoms with Crippen LogP contribution in [0.3, 0.4) is 0 Å². The van der Waals surface area contributed by atoms with Gasteiger partial charge in [0.25, 0.3) is 0 Å². The van der Waals surface area contributed by atoms with Crippen molar-refractivity contribution in [1.82, 2.24) is 10.6 Å². The summed E-state index contributed by atoms with van der Waals surface area (Å²) < 4.78 is 5.65. The van der Waals surface area contributed by atoms with Crippen molar-refractivity contribution in [2.75, 3.05) is 0 Å². The summed E-state index contributed by atoms with van der Waals surface area (Å²) in [5, 5.41) is 5.13. The summed E-state index contributed by atoms with van der Waals surface area (Å²) in [5.41, 5.74) is 0.840. The Morgan fingerprint density at radius 1 is 1.10 bits per heavy atom. The lowest BCUT2D eigenvalue weighted by Crippen LogP contribution is -2.42. The molecular formula is C15H22N2O3. The van der Waals surface area contributed by atoms with Gasteiger partial charge in [0.15, 0.2) is 0 Å². The van der Waals surface area contributed by atoms with E-state index in [1.165, 1.54) is 0 Å². The maximum absolute atomic E-state index is 11.6. The molecule has 0 aliphatic carbocycles. The second-order valence-electron chi connectivity index (χ2n) is 5.09. The van der Waals surface area contributed by atoms with Crippen molar-refractivity contribution < 1.29 is 14.3 Å². The van der Waals surface area contributed by atoms with E-state index in [4.69, 9.17) is 4.74 Å². The van der Waals surface area contributed by atoms with E-state index in [2.05, 4.69) is 10.6 Å². The molecule has 1 rings (SSSR count). The number of amides is 2. The number of carbonyl (C=O) groups excluding carboxylic acids is 2. The van der Waals surface area contributed by atoms with Gasteiger partial charge in [-0.05, 0) is 33.8 Å². The Bertz CT molecular complexity index is 470. The second-order valence-corrected chi connectivity index (χ2v) is 5.09. The van der Waals surface area contributed by atoms with E-state index < -0.39 is 11.8 Å². The first-order chi connectivity index (χ1) is 9.40. The average molecular weight is 278 g/mol. The van der Waals surface area contributed by atoms with Gasteiger partial charge in [-0.2, -0.15) is 0 Å². The van der Waals surface area contributed by atoms with Crippen LogP contribution < -0.4 is 15.4 Å². The van der Waals surface area contributed by atoms with Crippen LogP contribution in [0, 0.1) is 0 Å². The van der Waals surface area contributed by atoms with E-state index in [-0.39, 0.29) is 18.7 Å². The average Bonchev–Trinajstić information content (AvgIpc) is 2.35. The Morgan fingerprint density at radius 3 is 2.35 bits per heavy atom. The Morgan fingerprint density at radius 2 is 1.75 bits per heavy atom. The van der Waals surface area contributed by atoms with Gasteiger partial charge in [0, 0.05) is 18.2 Å². The molecule has 0 radical (unpaired) electrons. The third kappa shape index (κ3) is 5.30. The number of para-hydroxylation sites is 1. The number of hydrogen-bond acceptors (Lipinski definition) is 3. The molecule has 5 heteroatoms. The van der Waals surface area contributed by atoms with Crippen molar-refractivity contribution in [2.45, 2.75) is 46.4 Å². The highest BCUT2D eigenvalue weighted by Gasteiger charge is 2.14. The molecule has 0 spiro atoms. The molecule has 110 valence electrons. The summed E-state index contributed by atoms with van der Waals surface area (Å²) in [6.07, 6.45) is 0.0519. The van der Waals surface area contributed by atoms with Gasteiger partial charge in [-0.1, -0.05) is 18.2 Å². The number of ether oxygens (including phenoxy) is 1. The Labute approximate surface area is 119 Å². The Hall–Kier alpha value is -2.04. The van der Waals surface area contributed by atoms with Crippen LogP contribution in [0.25, 0.3) is 0 Å². The molecule has 2 amide bonds. The zero-order valence-electron chi connectivity index (χ0n) is 12.4. The molecule has 0 fully saturated rings. The largest absolute Gasteiger partial charge is 0.491 e. The van der Waals surface area contributed by atoms with E-state index in [0.29, 0.717) is 5.75 Å². The smallest absolute Gasteiger partial charge is 0.309 e. The molecule has 1 aromatic rings. The van der Waals surface area contributed by atoms with E-state index in [9.17, 15) is 9.59 Å². The minimum Gasteiger partial charge on any atom is -0.491 e. The molecule has 0 heterocycles. The van der Waals surface area contributed by atoms with Crippen LogP contribution in [0.2, 0.25) is 0 Å². The molecule has 0 aliphatic rings. The van der Waals surface area contributed by atoms with Gasteiger partial charge < -0.3 is 15.4 Å². The van der Waals surface area contributed by atoms with Crippen LogP contribution >= 0.6 is 0 Å². The SMILES string of the molecule is CC(C)NC(=O)C(=O)NCc1ccccc1OC(C)C. The number of nitrogens with one attached hydrogen (secondary N) is 2. The number of rotatable bonds is 5. The maximum atomic E-state index is 11.6. The van der Waals surface area contributed by atoms with E-state index >= 15 is 0 Å². The zero-order valence-corrected chi connectivity index (χ0v) is 12.4. The van der Waals surface area contributed by atoms with Crippen molar-refractivity contribution in [1.29, 1.82) is 0 Å². The number of hydrogen-bond donors (Lipinski definition) is 2.